The number of nitrogens with one attached hydrogen (secondary N) is 1. The molecule has 0 aliphatic rings. The summed E-state index contributed by atoms with van der Waals surface area (Å²) < 4.78 is 5.17. The second kappa shape index (κ2) is 4.43. The summed E-state index contributed by atoms with van der Waals surface area (Å²) in [4.78, 5) is 15.4. The summed E-state index contributed by atoms with van der Waals surface area (Å²) in [5.74, 6) is -0.261. The fraction of sp³-hybridized carbons (Fsp3) is 0.188. The minimum Gasteiger partial charge on any atom is -0.462 e. The van der Waals surface area contributed by atoms with Crippen molar-refractivity contribution in [1.82, 2.24) is 4.98 Å². The van der Waals surface area contributed by atoms with E-state index < -0.39 is 0 Å². The minimum atomic E-state index is -0.261. The Kier molecular flexibility index (Phi) is 2.75. The summed E-state index contributed by atoms with van der Waals surface area (Å²) in [5, 5.41) is 3.15. The van der Waals surface area contributed by atoms with Gasteiger partial charge in [0.2, 0.25) is 0 Å². The van der Waals surface area contributed by atoms with Crippen molar-refractivity contribution in [2.45, 2.75) is 13.8 Å². The van der Waals surface area contributed by atoms with Gasteiger partial charge in [0.1, 0.15) is 0 Å². The van der Waals surface area contributed by atoms with Gasteiger partial charge in [0, 0.05) is 16.6 Å². The maximum absolute atomic E-state index is 12.1. The molecule has 3 nitrogen and oxygen atoms in total. The van der Waals surface area contributed by atoms with E-state index in [1.54, 1.807) is 0 Å². The van der Waals surface area contributed by atoms with Crippen LogP contribution in [0.15, 0.2) is 36.4 Å². The Morgan fingerprint density at radius 2 is 2.00 bits per heavy atom. The highest BCUT2D eigenvalue weighted by molar-refractivity contribution is 6.16. The second-order valence-electron chi connectivity index (χ2n) is 4.55. The fourth-order valence-corrected chi connectivity index (χ4v) is 2.56. The van der Waals surface area contributed by atoms with Gasteiger partial charge in [-0.1, -0.05) is 30.3 Å². The van der Waals surface area contributed by atoms with Crippen LogP contribution in [0.3, 0.4) is 0 Å². The number of hydrogen-bond acceptors (Lipinski definition) is 2. The molecule has 96 valence electrons. The van der Waals surface area contributed by atoms with Gasteiger partial charge in [0.15, 0.2) is 0 Å². The number of fused-ring (bicyclic) bond motifs is 3. The van der Waals surface area contributed by atoms with Gasteiger partial charge in [-0.15, -0.1) is 0 Å². The quantitative estimate of drug-likeness (QED) is 0.706. The molecule has 0 bridgehead atoms. The van der Waals surface area contributed by atoms with Gasteiger partial charge < -0.3 is 9.72 Å². The van der Waals surface area contributed by atoms with E-state index in [0.29, 0.717) is 12.2 Å². The van der Waals surface area contributed by atoms with Crippen LogP contribution in [0.2, 0.25) is 0 Å². The molecule has 0 atom stereocenters. The molecular weight excluding hydrogens is 238 g/mol. The zero-order valence-electron chi connectivity index (χ0n) is 11.0. The lowest BCUT2D eigenvalue weighted by molar-refractivity contribution is 0.0528. The predicted octanol–water partition coefficient (Wildman–Crippen LogP) is 3.81. The summed E-state index contributed by atoms with van der Waals surface area (Å²) in [7, 11) is 0. The summed E-state index contributed by atoms with van der Waals surface area (Å²) in [6, 6.07) is 12.1. The first kappa shape index (κ1) is 11.8. The Hall–Kier alpha value is -2.29. The highest BCUT2D eigenvalue weighted by atomic mass is 16.5. The third kappa shape index (κ3) is 1.78. The number of carbonyl (C=O) groups excluding carboxylic acids is 1. The molecule has 2 aromatic carbocycles. The van der Waals surface area contributed by atoms with Gasteiger partial charge in [-0.25, -0.2) is 4.79 Å². The van der Waals surface area contributed by atoms with Gasteiger partial charge in [0.25, 0.3) is 0 Å². The fourth-order valence-electron chi connectivity index (χ4n) is 2.56. The first-order valence-corrected chi connectivity index (χ1v) is 6.39. The summed E-state index contributed by atoms with van der Waals surface area (Å²) in [5.41, 5.74) is 2.47. The lowest BCUT2D eigenvalue weighted by Gasteiger charge is -2.04. The van der Waals surface area contributed by atoms with Gasteiger partial charge in [-0.3, -0.25) is 0 Å². The molecule has 3 rings (SSSR count). The predicted molar refractivity (Wildman–Crippen MR) is 76.5 cm³/mol. The SMILES string of the molecule is CCOC(=O)c1c(C)[nH]c2ccc3ccccc3c12. The molecule has 19 heavy (non-hydrogen) atoms. The monoisotopic (exact) mass is 253 g/mol. The number of ether oxygens (including phenoxy) is 1. The maximum Gasteiger partial charge on any atom is 0.340 e. The van der Waals surface area contributed by atoms with Crippen LogP contribution in [-0.2, 0) is 4.74 Å². The standard InChI is InChI=1S/C16H15NO2/c1-3-19-16(18)14-10(2)17-13-9-8-11-6-4-5-7-12(11)15(13)14/h4-9,17H,3H2,1-2H3. The third-order valence-corrected chi connectivity index (χ3v) is 3.36. The number of H-pyrrole nitrogens is 1. The number of rotatable bonds is 2. The lowest BCUT2D eigenvalue weighted by Crippen LogP contribution is -2.05. The molecule has 3 heteroatoms. The first-order valence-electron chi connectivity index (χ1n) is 6.39. The van der Waals surface area contributed by atoms with Crippen molar-refractivity contribution in [3.63, 3.8) is 0 Å². The summed E-state index contributed by atoms with van der Waals surface area (Å²) in [6.45, 7) is 4.11. The normalized spacial score (nSPS) is 11.1. The van der Waals surface area contributed by atoms with Crippen LogP contribution in [0.25, 0.3) is 21.7 Å². The van der Waals surface area contributed by atoms with E-state index in [2.05, 4.69) is 11.1 Å². The Balaban J connectivity index is 2.40. The molecule has 3 aromatic rings. The van der Waals surface area contributed by atoms with E-state index in [4.69, 9.17) is 4.74 Å². The minimum absolute atomic E-state index is 0.261. The molecule has 0 unspecified atom stereocenters. The van der Waals surface area contributed by atoms with Crippen molar-refractivity contribution >= 4 is 27.6 Å². The van der Waals surface area contributed by atoms with E-state index in [1.807, 2.05) is 44.2 Å². The lowest BCUT2D eigenvalue weighted by atomic mass is 10.0. The van der Waals surface area contributed by atoms with Crippen LogP contribution < -0.4 is 0 Å². The highest BCUT2D eigenvalue weighted by Gasteiger charge is 2.18. The highest BCUT2D eigenvalue weighted by Crippen LogP contribution is 2.30. The summed E-state index contributed by atoms with van der Waals surface area (Å²) in [6.07, 6.45) is 0. The van der Waals surface area contributed by atoms with E-state index in [0.717, 1.165) is 27.4 Å². The number of benzene rings is 2. The van der Waals surface area contributed by atoms with Gasteiger partial charge in [0.05, 0.1) is 12.2 Å². The van der Waals surface area contributed by atoms with Crippen LogP contribution in [0.5, 0.6) is 0 Å². The number of aromatic amines is 1. The van der Waals surface area contributed by atoms with Crippen LogP contribution in [-0.4, -0.2) is 17.6 Å². The van der Waals surface area contributed by atoms with Gasteiger partial charge in [-0.2, -0.15) is 0 Å². The molecule has 0 saturated carbocycles. The Labute approximate surface area is 111 Å². The number of carbonyl (C=O) groups is 1. The topological polar surface area (TPSA) is 42.1 Å². The van der Waals surface area contributed by atoms with Crippen LogP contribution >= 0.6 is 0 Å². The maximum atomic E-state index is 12.1. The second-order valence-corrected chi connectivity index (χ2v) is 4.55. The van der Waals surface area contributed by atoms with Crippen molar-refractivity contribution in [1.29, 1.82) is 0 Å². The van der Waals surface area contributed by atoms with Crippen LogP contribution in [0.4, 0.5) is 0 Å². The van der Waals surface area contributed by atoms with E-state index in [9.17, 15) is 4.79 Å². The average Bonchev–Trinajstić information content (AvgIpc) is 2.75. The largest absolute Gasteiger partial charge is 0.462 e. The van der Waals surface area contributed by atoms with Crippen molar-refractivity contribution in [3.8, 4) is 0 Å². The molecular formula is C16H15NO2. The molecule has 0 saturated heterocycles. The van der Waals surface area contributed by atoms with Crippen molar-refractivity contribution in [3.05, 3.63) is 47.7 Å². The van der Waals surface area contributed by atoms with E-state index in [1.165, 1.54) is 0 Å². The molecule has 0 fully saturated rings. The Morgan fingerprint density at radius 3 is 2.79 bits per heavy atom. The van der Waals surface area contributed by atoms with Gasteiger partial charge >= 0.3 is 5.97 Å². The summed E-state index contributed by atoms with van der Waals surface area (Å²) >= 11 is 0. The molecule has 0 amide bonds. The third-order valence-electron chi connectivity index (χ3n) is 3.36. The molecule has 0 aliphatic carbocycles. The van der Waals surface area contributed by atoms with Gasteiger partial charge in [-0.05, 0) is 30.7 Å². The molecule has 1 aromatic heterocycles. The smallest absolute Gasteiger partial charge is 0.340 e. The molecule has 1 N–H and O–H groups in total. The molecule has 1 heterocycles. The average molecular weight is 253 g/mol. The molecule has 0 aliphatic heterocycles. The van der Waals surface area contributed by atoms with Crippen molar-refractivity contribution in [2.75, 3.05) is 6.61 Å². The van der Waals surface area contributed by atoms with Crippen molar-refractivity contribution in [2.24, 2.45) is 0 Å². The van der Waals surface area contributed by atoms with Crippen LogP contribution in [0.1, 0.15) is 23.0 Å². The number of aromatic nitrogens is 1. The van der Waals surface area contributed by atoms with E-state index in [-0.39, 0.29) is 5.97 Å². The van der Waals surface area contributed by atoms with E-state index >= 15 is 0 Å². The van der Waals surface area contributed by atoms with Crippen LogP contribution in [0, 0.1) is 6.92 Å². The Morgan fingerprint density at radius 1 is 1.21 bits per heavy atom. The van der Waals surface area contributed by atoms with Crippen molar-refractivity contribution < 1.29 is 9.53 Å². The zero-order chi connectivity index (χ0) is 13.4. The Bertz CT molecular complexity index is 771. The first-order chi connectivity index (χ1) is 9.22. The molecule has 0 spiro atoms. The number of esters is 1. The zero-order valence-corrected chi connectivity index (χ0v) is 11.0. The number of aryl methyl sites for hydroxylation is 1. The molecule has 0 radical (unpaired) electrons. The number of hydrogen-bond donors (Lipinski definition) is 1.